The molecule has 0 aliphatic carbocycles. The molecule has 2 N–H and O–H groups in total. The SMILES string of the molecule is O=C(Nc1cccc(Oc2ccccc2)c1)c1ccc(-c2ccc(C(=O)Nc3cccc(Oc4ccccc4)c3)cc2)cc1. The third-order valence-electron chi connectivity index (χ3n) is 6.77. The van der Waals surface area contributed by atoms with Gasteiger partial charge in [-0.2, -0.15) is 0 Å². The summed E-state index contributed by atoms with van der Waals surface area (Å²) in [4.78, 5) is 25.8. The van der Waals surface area contributed by atoms with Crippen LogP contribution in [0.25, 0.3) is 11.1 Å². The topological polar surface area (TPSA) is 76.7 Å². The van der Waals surface area contributed by atoms with Crippen LogP contribution in [0.15, 0.2) is 158 Å². The molecule has 0 fully saturated rings. The number of para-hydroxylation sites is 2. The molecular weight excluding hydrogens is 548 g/mol. The smallest absolute Gasteiger partial charge is 0.255 e. The minimum Gasteiger partial charge on any atom is -0.457 e. The standard InChI is InChI=1S/C38H28N2O4/c41-37(39-31-9-7-15-35(25-31)43-33-11-3-1-4-12-33)29-21-17-27(18-22-29)28-19-23-30(24-20-28)38(42)40-32-10-8-16-36(26-32)44-34-13-5-2-6-14-34/h1-26H,(H,39,41)(H,40,42). The van der Waals surface area contributed by atoms with E-state index in [9.17, 15) is 9.59 Å². The first-order valence-corrected chi connectivity index (χ1v) is 14.1. The lowest BCUT2D eigenvalue weighted by atomic mass is 10.0. The number of amides is 2. The van der Waals surface area contributed by atoms with Crippen LogP contribution < -0.4 is 20.1 Å². The summed E-state index contributed by atoms with van der Waals surface area (Å²) in [6.07, 6.45) is 0. The summed E-state index contributed by atoms with van der Waals surface area (Å²) >= 11 is 0. The summed E-state index contributed by atoms with van der Waals surface area (Å²) < 4.78 is 11.7. The average Bonchev–Trinajstić information content (AvgIpc) is 3.06. The van der Waals surface area contributed by atoms with Gasteiger partial charge in [0, 0.05) is 34.6 Å². The van der Waals surface area contributed by atoms with E-state index in [0.717, 1.165) is 22.6 Å². The number of hydrogen-bond donors (Lipinski definition) is 2. The summed E-state index contributed by atoms with van der Waals surface area (Å²) in [6, 6.07) is 48.2. The summed E-state index contributed by atoms with van der Waals surface area (Å²) in [7, 11) is 0. The third kappa shape index (κ3) is 7.19. The number of anilines is 2. The highest BCUT2D eigenvalue weighted by Crippen LogP contribution is 2.26. The quantitative estimate of drug-likeness (QED) is 0.180. The summed E-state index contributed by atoms with van der Waals surface area (Å²) in [5.41, 5.74) is 4.18. The monoisotopic (exact) mass is 576 g/mol. The van der Waals surface area contributed by atoms with E-state index in [1.165, 1.54) is 0 Å². The molecule has 0 bridgehead atoms. The molecule has 2 amide bonds. The van der Waals surface area contributed by atoms with Crippen molar-refractivity contribution >= 4 is 23.2 Å². The Balaban J connectivity index is 1.06. The van der Waals surface area contributed by atoms with Gasteiger partial charge in [0.15, 0.2) is 0 Å². The molecule has 0 unspecified atom stereocenters. The fourth-order valence-electron chi connectivity index (χ4n) is 4.56. The van der Waals surface area contributed by atoms with E-state index in [1.807, 2.05) is 121 Å². The lowest BCUT2D eigenvalue weighted by Crippen LogP contribution is -2.12. The third-order valence-corrected chi connectivity index (χ3v) is 6.77. The van der Waals surface area contributed by atoms with Crippen LogP contribution in [-0.4, -0.2) is 11.8 Å². The highest BCUT2D eigenvalue weighted by Gasteiger charge is 2.10. The van der Waals surface area contributed by atoms with Crippen molar-refractivity contribution in [2.45, 2.75) is 0 Å². The second kappa shape index (κ2) is 13.2. The van der Waals surface area contributed by atoms with Crippen LogP contribution in [0.4, 0.5) is 11.4 Å². The van der Waals surface area contributed by atoms with Gasteiger partial charge in [-0.25, -0.2) is 0 Å². The van der Waals surface area contributed by atoms with Crippen LogP contribution in [0.5, 0.6) is 23.0 Å². The highest BCUT2D eigenvalue weighted by molar-refractivity contribution is 6.05. The Labute approximate surface area is 255 Å². The van der Waals surface area contributed by atoms with Crippen LogP contribution >= 0.6 is 0 Å². The molecular formula is C38H28N2O4. The molecule has 6 nitrogen and oxygen atoms in total. The average molecular weight is 577 g/mol. The van der Waals surface area contributed by atoms with E-state index < -0.39 is 0 Å². The van der Waals surface area contributed by atoms with Gasteiger partial charge in [-0.1, -0.05) is 72.8 Å². The van der Waals surface area contributed by atoms with Crippen LogP contribution in [0.1, 0.15) is 20.7 Å². The number of hydrogen-bond acceptors (Lipinski definition) is 4. The van der Waals surface area contributed by atoms with E-state index in [-0.39, 0.29) is 11.8 Å². The molecule has 0 aromatic heterocycles. The summed E-state index contributed by atoms with van der Waals surface area (Å²) in [5, 5.41) is 5.86. The second-order valence-corrected chi connectivity index (χ2v) is 9.95. The van der Waals surface area contributed by atoms with Crippen molar-refractivity contribution in [3.63, 3.8) is 0 Å². The predicted molar refractivity (Wildman–Crippen MR) is 174 cm³/mol. The van der Waals surface area contributed by atoms with E-state index in [2.05, 4.69) is 10.6 Å². The molecule has 0 atom stereocenters. The maximum atomic E-state index is 12.9. The lowest BCUT2D eigenvalue weighted by Gasteiger charge is -2.10. The number of ether oxygens (including phenoxy) is 2. The minimum atomic E-state index is -0.223. The first-order valence-electron chi connectivity index (χ1n) is 14.1. The zero-order valence-electron chi connectivity index (χ0n) is 23.6. The maximum Gasteiger partial charge on any atom is 0.255 e. The van der Waals surface area contributed by atoms with Crippen molar-refractivity contribution in [3.05, 3.63) is 169 Å². The Kier molecular flexibility index (Phi) is 8.42. The zero-order valence-corrected chi connectivity index (χ0v) is 23.6. The Hall–Kier alpha value is -6.14. The molecule has 0 heterocycles. The molecule has 6 aromatic carbocycles. The summed E-state index contributed by atoms with van der Waals surface area (Å²) in [5.74, 6) is 2.26. The molecule has 6 heteroatoms. The zero-order chi connectivity index (χ0) is 30.1. The number of nitrogens with one attached hydrogen (secondary N) is 2. The predicted octanol–water partition coefficient (Wildman–Crippen LogP) is 9.44. The van der Waals surface area contributed by atoms with Crippen LogP contribution in [-0.2, 0) is 0 Å². The minimum absolute atomic E-state index is 0.223. The molecule has 6 aromatic rings. The maximum absolute atomic E-state index is 12.9. The Morgan fingerprint density at radius 3 is 1.14 bits per heavy atom. The lowest BCUT2D eigenvalue weighted by molar-refractivity contribution is 0.101. The molecule has 0 radical (unpaired) electrons. The van der Waals surface area contributed by atoms with Crippen LogP contribution in [0, 0.1) is 0 Å². The Bertz CT molecular complexity index is 1730. The van der Waals surface area contributed by atoms with Crippen molar-refractivity contribution in [1.82, 2.24) is 0 Å². The van der Waals surface area contributed by atoms with Gasteiger partial charge in [-0.15, -0.1) is 0 Å². The fraction of sp³-hybridized carbons (Fsp3) is 0. The van der Waals surface area contributed by atoms with Gasteiger partial charge in [0.2, 0.25) is 0 Å². The van der Waals surface area contributed by atoms with E-state index >= 15 is 0 Å². The van der Waals surface area contributed by atoms with Gasteiger partial charge in [-0.3, -0.25) is 9.59 Å². The Morgan fingerprint density at radius 2 is 0.750 bits per heavy atom. The molecule has 214 valence electrons. The number of carbonyl (C=O) groups excluding carboxylic acids is 2. The number of rotatable bonds is 9. The van der Waals surface area contributed by atoms with Gasteiger partial charge in [0.25, 0.3) is 11.8 Å². The molecule has 44 heavy (non-hydrogen) atoms. The fourth-order valence-corrected chi connectivity index (χ4v) is 4.56. The second-order valence-electron chi connectivity index (χ2n) is 9.95. The molecule has 0 aliphatic rings. The van der Waals surface area contributed by atoms with Gasteiger partial charge in [0.1, 0.15) is 23.0 Å². The number of carbonyl (C=O) groups is 2. The normalized spacial score (nSPS) is 10.5. The van der Waals surface area contributed by atoms with Crippen molar-refractivity contribution in [3.8, 4) is 34.1 Å². The van der Waals surface area contributed by atoms with Gasteiger partial charge in [0.05, 0.1) is 0 Å². The molecule has 6 rings (SSSR count). The van der Waals surface area contributed by atoms with Crippen molar-refractivity contribution in [2.75, 3.05) is 10.6 Å². The van der Waals surface area contributed by atoms with Gasteiger partial charge in [-0.05, 0) is 83.9 Å². The molecule has 0 saturated heterocycles. The van der Waals surface area contributed by atoms with Crippen LogP contribution in [0.3, 0.4) is 0 Å². The highest BCUT2D eigenvalue weighted by atomic mass is 16.5. The van der Waals surface area contributed by atoms with Gasteiger partial charge >= 0.3 is 0 Å². The van der Waals surface area contributed by atoms with E-state index in [4.69, 9.17) is 9.47 Å². The van der Waals surface area contributed by atoms with Crippen molar-refractivity contribution in [2.24, 2.45) is 0 Å². The van der Waals surface area contributed by atoms with Crippen molar-refractivity contribution in [1.29, 1.82) is 0 Å². The largest absolute Gasteiger partial charge is 0.457 e. The van der Waals surface area contributed by atoms with E-state index in [1.54, 1.807) is 36.4 Å². The Morgan fingerprint density at radius 1 is 0.386 bits per heavy atom. The molecule has 0 spiro atoms. The van der Waals surface area contributed by atoms with Gasteiger partial charge < -0.3 is 20.1 Å². The summed E-state index contributed by atoms with van der Waals surface area (Å²) in [6.45, 7) is 0. The number of benzene rings is 6. The first kappa shape index (κ1) is 28.0. The molecule has 0 aliphatic heterocycles. The first-order chi connectivity index (χ1) is 21.6. The van der Waals surface area contributed by atoms with Crippen LogP contribution in [0.2, 0.25) is 0 Å². The van der Waals surface area contributed by atoms with Crippen molar-refractivity contribution < 1.29 is 19.1 Å². The van der Waals surface area contributed by atoms with E-state index in [0.29, 0.717) is 34.0 Å². The molecule has 0 saturated carbocycles.